The van der Waals surface area contributed by atoms with Crippen LogP contribution in [0.2, 0.25) is 0 Å². The van der Waals surface area contributed by atoms with E-state index in [-0.39, 0.29) is 0 Å². The molecule has 0 atom stereocenters. The molecule has 14 heavy (non-hydrogen) atoms. The van der Waals surface area contributed by atoms with Crippen molar-refractivity contribution >= 4 is 11.8 Å². The SMILES string of the molecule is CCSCc1nc(C)cc(CNC)n1. The predicted octanol–water partition coefficient (Wildman–Crippen LogP) is 1.76. The van der Waals surface area contributed by atoms with E-state index >= 15 is 0 Å². The lowest BCUT2D eigenvalue weighted by molar-refractivity contribution is 0.773. The van der Waals surface area contributed by atoms with Crippen molar-refractivity contribution < 1.29 is 0 Å². The van der Waals surface area contributed by atoms with E-state index in [2.05, 4.69) is 22.2 Å². The fourth-order valence-electron chi connectivity index (χ4n) is 1.23. The highest BCUT2D eigenvalue weighted by molar-refractivity contribution is 7.98. The predicted molar refractivity (Wildman–Crippen MR) is 61.4 cm³/mol. The molecule has 1 aromatic rings. The van der Waals surface area contributed by atoms with Gasteiger partial charge in [-0.2, -0.15) is 11.8 Å². The molecule has 1 aromatic heterocycles. The Morgan fingerprint density at radius 2 is 2.21 bits per heavy atom. The Balaban J connectivity index is 2.73. The smallest absolute Gasteiger partial charge is 0.138 e. The van der Waals surface area contributed by atoms with Gasteiger partial charge in [0.15, 0.2) is 0 Å². The summed E-state index contributed by atoms with van der Waals surface area (Å²) in [6.45, 7) is 4.98. The first-order valence-corrected chi connectivity index (χ1v) is 5.97. The maximum absolute atomic E-state index is 4.47. The van der Waals surface area contributed by atoms with Gasteiger partial charge in [0.2, 0.25) is 0 Å². The molecule has 0 aliphatic carbocycles. The number of hydrogen-bond acceptors (Lipinski definition) is 4. The lowest BCUT2D eigenvalue weighted by atomic mass is 10.3. The molecule has 78 valence electrons. The zero-order valence-electron chi connectivity index (χ0n) is 9.00. The minimum Gasteiger partial charge on any atom is -0.314 e. The maximum Gasteiger partial charge on any atom is 0.138 e. The summed E-state index contributed by atoms with van der Waals surface area (Å²) < 4.78 is 0. The topological polar surface area (TPSA) is 37.8 Å². The molecule has 3 nitrogen and oxygen atoms in total. The van der Waals surface area contributed by atoms with Gasteiger partial charge in [0.05, 0.1) is 11.4 Å². The van der Waals surface area contributed by atoms with E-state index in [0.29, 0.717) is 0 Å². The van der Waals surface area contributed by atoms with Crippen LogP contribution in [0.25, 0.3) is 0 Å². The van der Waals surface area contributed by atoms with Gasteiger partial charge in [-0.1, -0.05) is 6.92 Å². The molecule has 0 fully saturated rings. The summed E-state index contributed by atoms with van der Waals surface area (Å²) in [5, 5.41) is 3.10. The quantitative estimate of drug-likeness (QED) is 0.805. The molecule has 1 heterocycles. The van der Waals surface area contributed by atoms with Gasteiger partial charge in [-0.25, -0.2) is 9.97 Å². The molecular weight excluding hydrogens is 194 g/mol. The number of nitrogens with one attached hydrogen (secondary N) is 1. The van der Waals surface area contributed by atoms with Crippen molar-refractivity contribution in [3.05, 3.63) is 23.3 Å². The first-order valence-electron chi connectivity index (χ1n) is 4.82. The Morgan fingerprint density at radius 3 is 2.86 bits per heavy atom. The van der Waals surface area contributed by atoms with Crippen LogP contribution in [0.1, 0.15) is 24.1 Å². The molecule has 0 unspecified atom stereocenters. The highest BCUT2D eigenvalue weighted by Crippen LogP contribution is 2.09. The van der Waals surface area contributed by atoms with Gasteiger partial charge in [0.25, 0.3) is 0 Å². The van der Waals surface area contributed by atoms with Crippen LogP contribution in [0.4, 0.5) is 0 Å². The molecule has 0 aromatic carbocycles. The van der Waals surface area contributed by atoms with Gasteiger partial charge >= 0.3 is 0 Å². The number of hydrogen-bond donors (Lipinski definition) is 1. The van der Waals surface area contributed by atoms with Crippen molar-refractivity contribution in [1.29, 1.82) is 0 Å². The molecule has 0 aliphatic rings. The zero-order valence-corrected chi connectivity index (χ0v) is 9.82. The Labute approximate surface area is 89.7 Å². The molecule has 0 saturated carbocycles. The minimum absolute atomic E-state index is 0.813. The summed E-state index contributed by atoms with van der Waals surface area (Å²) >= 11 is 1.85. The van der Waals surface area contributed by atoms with Crippen molar-refractivity contribution in [3.63, 3.8) is 0 Å². The highest BCUT2D eigenvalue weighted by atomic mass is 32.2. The second-order valence-electron chi connectivity index (χ2n) is 3.08. The van der Waals surface area contributed by atoms with Crippen molar-refractivity contribution in [2.45, 2.75) is 26.1 Å². The standard InChI is InChI=1S/C10H17N3S/c1-4-14-7-10-12-8(2)5-9(13-10)6-11-3/h5,11H,4,6-7H2,1-3H3. The number of aromatic nitrogens is 2. The first-order chi connectivity index (χ1) is 6.76. The second kappa shape index (κ2) is 5.98. The number of nitrogens with zero attached hydrogens (tertiary/aromatic N) is 2. The van der Waals surface area contributed by atoms with Gasteiger partial charge in [-0.15, -0.1) is 0 Å². The Bertz CT molecular complexity index is 289. The van der Waals surface area contributed by atoms with Crippen LogP contribution in [0, 0.1) is 6.92 Å². The van der Waals surface area contributed by atoms with E-state index in [1.807, 2.05) is 31.8 Å². The summed E-state index contributed by atoms with van der Waals surface area (Å²) in [6, 6.07) is 2.02. The average molecular weight is 211 g/mol. The molecule has 0 saturated heterocycles. The zero-order chi connectivity index (χ0) is 10.4. The van der Waals surface area contributed by atoms with Crippen molar-refractivity contribution in [3.8, 4) is 0 Å². The summed E-state index contributed by atoms with van der Waals surface area (Å²) in [7, 11) is 1.93. The lowest BCUT2D eigenvalue weighted by Crippen LogP contribution is -2.09. The lowest BCUT2D eigenvalue weighted by Gasteiger charge is -2.04. The minimum atomic E-state index is 0.813. The Kier molecular flexibility index (Phi) is 4.90. The van der Waals surface area contributed by atoms with Crippen LogP contribution in [0.15, 0.2) is 6.07 Å². The number of aryl methyl sites for hydroxylation is 1. The summed E-state index contributed by atoms with van der Waals surface area (Å²) in [5.74, 6) is 2.97. The van der Waals surface area contributed by atoms with Gasteiger partial charge in [0.1, 0.15) is 5.82 Å². The molecule has 1 N–H and O–H groups in total. The van der Waals surface area contributed by atoms with Crippen molar-refractivity contribution in [2.24, 2.45) is 0 Å². The summed E-state index contributed by atoms with van der Waals surface area (Å²) in [6.07, 6.45) is 0. The molecule has 0 spiro atoms. The van der Waals surface area contributed by atoms with E-state index in [1.165, 1.54) is 0 Å². The van der Waals surface area contributed by atoms with Crippen LogP contribution in [0.5, 0.6) is 0 Å². The highest BCUT2D eigenvalue weighted by Gasteiger charge is 2.01. The molecule has 0 amide bonds. The number of thioether (sulfide) groups is 1. The average Bonchev–Trinajstić information content (AvgIpc) is 2.14. The summed E-state index contributed by atoms with van der Waals surface area (Å²) in [5.41, 5.74) is 2.13. The van der Waals surface area contributed by atoms with Crippen LogP contribution in [0.3, 0.4) is 0 Å². The van der Waals surface area contributed by atoms with Gasteiger partial charge < -0.3 is 5.32 Å². The van der Waals surface area contributed by atoms with E-state index < -0.39 is 0 Å². The molecule has 0 aliphatic heterocycles. The van der Waals surface area contributed by atoms with Gasteiger partial charge in [0, 0.05) is 12.2 Å². The molecular formula is C10H17N3S. The largest absolute Gasteiger partial charge is 0.314 e. The number of rotatable bonds is 5. The van der Waals surface area contributed by atoms with E-state index in [9.17, 15) is 0 Å². The monoisotopic (exact) mass is 211 g/mol. The third kappa shape index (κ3) is 3.64. The third-order valence-corrected chi connectivity index (χ3v) is 2.62. The van der Waals surface area contributed by atoms with Gasteiger partial charge in [-0.05, 0) is 25.8 Å². The van der Waals surface area contributed by atoms with Crippen LogP contribution < -0.4 is 5.32 Å². The van der Waals surface area contributed by atoms with Crippen molar-refractivity contribution in [1.82, 2.24) is 15.3 Å². The Hall–Kier alpha value is -0.610. The molecule has 0 bridgehead atoms. The van der Waals surface area contributed by atoms with Crippen LogP contribution >= 0.6 is 11.8 Å². The van der Waals surface area contributed by atoms with E-state index in [4.69, 9.17) is 0 Å². The molecule has 1 rings (SSSR count). The van der Waals surface area contributed by atoms with Crippen LogP contribution in [-0.2, 0) is 12.3 Å². The molecule has 0 radical (unpaired) electrons. The van der Waals surface area contributed by atoms with Crippen LogP contribution in [-0.4, -0.2) is 22.8 Å². The van der Waals surface area contributed by atoms with E-state index in [0.717, 1.165) is 35.3 Å². The fourth-order valence-corrected chi connectivity index (χ4v) is 1.75. The molecule has 4 heteroatoms. The third-order valence-electron chi connectivity index (χ3n) is 1.75. The maximum atomic E-state index is 4.47. The fraction of sp³-hybridized carbons (Fsp3) is 0.600. The van der Waals surface area contributed by atoms with Crippen molar-refractivity contribution in [2.75, 3.05) is 12.8 Å². The summed E-state index contributed by atoms with van der Waals surface area (Å²) in [4.78, 5) is 8.86. The van der Waals surface area contributed by atoms with Gasteiger partial charge in [-0.3, -0.25) is 0 Å². The normalized spacial score (nSPS) is 10.5. The first kappa shape index (κ1) is 11.5. The van der Waals surface area contributed by atoms with E-state index in [1.54, 1.807) is 0 Å². The second-order valence-corrected chi connectivity index (χ2v) is 4.36. The Morgan fingerprint density at radius 1 is 1.43 bits per heavy atom.